The van der Waals surface area contributed by atoms with Gasteiger partial charge in [0.15, 0.2) is 0 Å². The monoisotopic (exact) mass is 257 g/mol. The van der Waals surface area contributed by atoms with Crippen molar-refractivity contribution in [2.45, 2.75) is 69.8 Å². The maximum Gasteiger partial charge on any atom is 0.0897 e. The molecule has 0 saturated heterocycles. The van der Waals surface area contributed by atoms with Crippen molar-refractivity contribution in [3.63, 3.8) is 0 Å². The first kappa shape index (κ1) is 14.3. The van der Waals surface area contributed by atoms with Crippen molar-refractivity contribution in [2.75, 3.05) is 19.8 Å². The lowest BCUT2D eigenvalue weighted by atomic mass is 9.89. The molecule has 0 aliphatic heterocycles. The molecular weight excluding hydrogens is 230 g/mol. The molecule has 2 fully saturated rings. The van der Waals surface area contributed by atoms with E-state index in [4.69, 9.17) is 9.47 Å². The van der Waals surface area contributed by atoms with E-state index in [1.165, 1.54) is 25.7 Å². The Labute approximate surface area is 110 Å². The maximum atomic E-state index is 9.83. The number of rotatable bonds is 8. The highest BCUT2D eigenvalue weighted by molar-refractivity contribution is 4.86. The Morgan fingerprint density at radius 2 is 1.89 bits per heavy atom. The van der Waals surface area contributed by atoms with Gasteiger partial charge in [-0.25, -0.2) is 0 Å². The molecule has 2 saturated carbocycles. The van der Waals surface area contributed by atoms with Crippen LogP contribution in [0.4, 0.5) is 0 Å². The Morgan fingerprint density at radius 1 is 1.17 bits per heavy atom. The molecule has 106 valence electrons. The molecule has 2 rings (SSSR count). The number of hydrogen-bond acceptors (Lipinski definition) is 4. The molecule has 4 nitrogen and oxygen atoms in total. The van der Waals surface area contributed by atoms with Crippen LogP contribution in [0.15, 0.2) is 0 Å². The zero-order valence-electron chi connectivity index (χ0n) is 11.4. The molecule has 0 aromatic carbocycles. The summed E-state index contributed by atoms with van der Waals surface area (Å²) in [6, 6.07) is 0.516. The van der Waals surface area contributed by atoms with Crippen molar-refractivity contribution in [3.05, 3.63) is 0 Å². The summed E-state index contributed by atoms with van der Waals surface area (Å²) < 4.78 is 11.2. The summed E-state index contributed by atoms with van der Waals surface area (Å²) in [5.41, 5.74) is 0. The molecule has 0 radical (unpaired) electrons. The lowest BCUT2D eigenvalue weighted by Gasteiger charge is -2.36. The number of nitrogens with one attached hydrogen (secondary N) is 1. The van der Waals surface area contributed by atoms with Gasteiger partial charge in [0.05, 0.1) is 24.9 Å². The highest BCUT2D eigenvalue weighted by Gasteiger charge is 2.29. The summed E-state index contributed by atoms with van der Waals surface area (Å²) in [5, 5.41) is 13.2. The molecule has 0 aromatic heterocycles. The van der Waals surface area contributed by atoms with Crippen LogP contribution in [-0.4, -0.2) is 49.2 Å². The van der Waals surface area contributed by atoms with Crippen LogP contribution in [0.5, 0.6) is 0 Å². The van der Waals surface area contributed by atoms with Crippen molar-refractivity contribution in [1.82, 2.24) is 5.32 Å². The largest absolute Gasteiger partial charge is 0.389 e. The molecule has 1 unspecified atom stereocenters. The minimum atomic E-state index is -0.378. The third-order valence-corrected chi connectivity index (χ3v) is 3.97. The van der Waals surface area contributed by atoms with Crippen LogP contribution in [0, 0.1) is 0 Å². The van der Waals surface area contributed by atoms with Gasteiger partial charge in [-0.05, 0) is 32.6 Å². The Kier molecular flexibility index (Phi) is 5.89. The van der Waals surface area contributed by atoms with Crippen LogP contribution in [0.1, 0.15) is 45.4 Å². The number of aliphatic hydroxyl groups excluding tert-OH is 1. The van der Waals surface area contributed by atoms with Gasteiger partial charge in [0, 0.05) is 19.2 Å². The van der Waals surface area contributed by atoms with Gasteiger partial charge in [0.2, 0.25) is 0 Å². The van der Waals surface area contributed by atoms with Crippen LogP contribution in [0.3, 0.4) is 0 Å². The topological polar surface area (TPSA) is 50.7 Å². The third-order valence-electron chi connectivity index (χ3n) is 3.97. The van der Waals surface area contributed by atoms with Gasteiger partial charge in [-0.1, -0.05) is 12.8 Å². The predicted molar refractivity (Wildman–Crippen MR) is 70.7 cm³/mol. The van der Waals surface area contributed by atoms with E-state index in [9.17, 15) is 5.11 Å². The minimum Gasteiger partial charge on any atom is -0.389 e. The quantitative estimate of drug-likeness (QED) is 0.691. The average Bonchev–Trinajstić information content (AvgIpc) is 2.82. The Hall–Kier alpha value is -0.160. The summed E-state index contributed by atoms with van der Waals surface area (Å²) in [7, 11) is 0. The Balaban J connectivity index is 1.46. The second-order valence-corrected chi connectivity index (χ2v) is 5.55. The second kappa shape index (κ2) is 7.43. The van der Waals surface area contributed by atoms with Crippen molar-refractivity contribution in [3.8, 4) is 0 Å². The molecule has 2 N–H and O–H groups in total. The normalized spacial score (nSPS) is 30.3. The van der Waals surface area contributed by atoms with Crippen molar-refractivity contribution >= 4 is 0 Å². The highest BCUT2D eigenvalue weighted by atomic mass is 16.5. The Morgan fingerprint density at radius 3 is 2.56 bits per heavy atom. The van der Waals surface area contributed by atoms with E-state index >= 15 is 0 Å². The second-order valence-electron chi connectivity index (χ2n) is 5.55. The molecule has 0 bridgehead atoms. The fourth-order valence-corrected chi connectivity index (χ4v) is 2.77. The summed E-state index contributed by atoms with van der Waals surface area (Å²) in [6.45, 7) is 3.94. The molecule has 0 amide bonds. The van der Waals surface area contributed by atoms with Crippen LogP contribution in [-0.2, 0) is 9.47 Å². The first-order chi connectivity index (χ1) is 8.78. The highest BCUT2D eigenvalue weighted by Crippen LogP contribution is 2.23. The predicted octanol–water partition coefficient (Wildman–Crippen LogP) is 1.46. The van der Waals surface area contributed by atoms with Gasteiger partial charge in [0.25, 0.3) is 0 Å². The number of ether oxygens (including phenoxy) is 2. The molecule has 1 atom stereocenters. The van der Waals surface area contributed by atoms with Gasteiger partial charge in [0.1, 0.15) is 0 Å². The number of hydrogen-bond donors (Lipinski definition) is 2. The fraction of sp³-hybridized carbons (Fsp3) is 1.00. The fourth-order valence-electron chi connectivity index (χ4n) is 2.77. The van der Waals surface area contributed by atoms with E-state index in [1.54, 1.807) is 0 Å². The van der Waals surface area contributed by atoms with Crippen molar-refractivity contribution < 1.29 is 14.6 Å². The Bertz CT molecular complexity index is 225. The third kappa shape index (κ3) is 4.50. The van der Waals surface area contributed by atoms with E-state index in [-0.39, 0.29) is 6.10 Å². The van der Waals surface area contributed by atoms with E-state index in [2.05, 4.69) is 5.32 Å². The summed E-state index contributed by atoms with van der Waals surface area (Å²) in [4.78, 5) is 0. The lowest BCUT2D eigenvalue weighted by molar-refractivity contribution is -0.0241. The molecule has 18 heavy (non-hydrogen) atoms. The van der Waals surface area contributed by atoms with E-state index < -0.39 is 0 Å². The average molecular weight is 257 g/mol. The standard InChI is InChI=1S/C14H27NO3/c1-2-17-14-7-11(8-14)15-9-12(16)10-18-13-5-3-4-6-13/h11-16H,2-10H2,1H3. The zero-order chi connectivity index (χ0) is 12.8. The molecule has 0 aromatic rings. The first-order valence-corrected chi connectivity index (χ1v) is 7.42. The van der Waals surface area contributed by atoms with Crippen molar-refractivity contribution in [1.29, 1.82) is 0 Å². The van der Waals surface area contributed by atoms with Gasteiger partial charge in [-0.15, -0.1) is 0 Å². The van der Waals surface area contributed by atoms with Crippen LogP contribution in [0.2, 0.25) is 0 Å². The molecule has 0 heterocycles. The van der Waals surface area contributed by atoms with Crippen LogP contribution < -0.4 is 5.32 Å². The lowest BCUT2D eigenvalue weighted by Crippen LogP contribution is -2.48. The van der Waals surface area contributed by atoms with Gasteiger partial charge in [-0.2, -0.15) is 0 Å². The van der Waals surface area contributed by atoms with Gasteiger partial charge >= 0.3 is 0 Å². The summed E-state index contributed by atoms with van der Waals surface area (Å²) in [6.07, 6.45) is 7.48. The van der Waals surface area contributed by atoms with E-state index in [0.29, 0.717) is 31.4 Å². The smallest absolute Gasteiger partial charge is 0.0897 e. The molecule has 2 aliphatic carbocycles. The molecule has 0 spiro atoms. The summed E-state index contributed by atoms with van der Waals surface area (Å²) in [5.74, 6) is 0. The molecule has 2 aliphatic rings. The zero-order valence-corrected chi connectivity index (χ0v) is 11.4. The van der Waals surface area contributed by atoms with Crippen LogP contribution in [0.25, 0.3) is 0 Å². The first-order valence-electron chi connectivity index (χ1n) is 7.42. The summed E-state index contributed by atoms with van der Waals surface area (Å²) >= 11 is 0. The maximum absolute atomic E-state index is 9.83. The van der Waals surface area contributed by atoms with Crippen molar-refractivity contribution in [2.24, 2.45) is 0 Å². The van der Waals surface area contributed by atoms with Crippen LogP contribution >= 0.6 is 0 Å². The van der Waals surface area contributed by atoms with Gasteiger partial charge in [-0.3, -0.25) is 0 Å². The van der Waals surface area contributed by atoms with E-state index in [1.807, 2.05) is 6.92 Å². The SMILES string of the molecule is CCOC1CC(NCC(O)COC2CCCC2)C1. The van der Waals surface area contributed by atoms with Gasteiger partial charge < -0.3 is 19.9 Å². The number of aliphatic hydroxyl groups is 1. The molecule has 4 heteroatoms. The minimum absolute atomic E-state index is 0.378. The molecular formula is C14H27NO3. The van der Waals surface area contributed by atoms with E-state index in [0.717, 1.165) is 19.4 Å².